The molecule has 1 N–H and O–H groups in total. The fourth-order valence-corrected chi connectivity index (χ4v) is 10.3. The average Bonchev–Trinajstić information content (AvgIpc) is 3.58. The SMILES string of the molecule is CC(=O)Oc1cccc2c1[nH]c1c(C3C=C4CC/C=C\CCCCN5CC[C@H]3[C@]3(C5)C(C(C)=O)=C5/C(C(C)=O)=C\CCCCN5[C@H]43)nccc12. The Morgan fingerprint density at radius 2 is 1.70 bits per heavy atom. The standard InChI is InChI=1S/C42H48N4O4/c1-26(47)30-15-10-8-12-22-46-40(30)36(27(2)48)42-25-45-21-11-7-5-4-6-9-14-29(41(42)46)24-33(34(42)19-23-45)38-39-32(18-20-43-38)31-16-13-17-35(37(31)44-39)50-28(3)49/h4,6,13,15-18,20,24,33-34,41,44H,5,7-12,14,19,21-23,25H2,1-3H3/b6-4-,30-15-/t33?,34-,41-,42-/m1/s1. The van der Waals surface area contributed by atoms with Crippen molar-refractivity contribution < 1.29 is 19.1 Å². The third-order valence-corrected chi connectivity index (χ3v) is 12.0. The third kappa shape index (κ3) is 5.29. The minimum absolute atomic E-state index is 0.00735. The zero-order valence-corrected chi connectivity index (χ0v) is 29.6. The molecule has 3 bridgehead atoms. The number of carbonyl (C=O) groups is 3. The average molecular weight is 673 g/mol. The van der Waals surface area contributed by atoms with Crippen molar-refractivity contribution in [2.75, 3.05) is 26.2 Å². The smallest absolute Gasteiger partial charge is 0.308 e. The Bertz CT molecular complexity index is 2020. The summed E-state index contributed by atoms with van der Waals surface area (Å²) in [6.07, 6.45) is 20.2. The molecule has 8 nitrogen and oxygen atoms in total. The number of ether oxygens (including phenoxy) is 1. The van der Waals surface area contributed by atoms with Crippen LogP contribution in [-0.4, -0.2) is 69.5 Å². The number of carbonyl (C=O) groups excluding carboxylic acids is 3. The fourth-order valence-electron chi connectivity index (χ4n) is 10.3. The molecule has 1 saturated heterocycles. The number of aromatic amines is 1. The maximum absolute atomic E-state index is 14.4. The number of fused-ring (bicyclic) bond motifs is 5. The number of rotatable bonds is 4. The van der Waals surface area contributed by atoms with E-state index in [0.29, 0.717) is 5.75 Å². The summed E-state index contributed by atoms with van der Waals surface area (Å²) in [5.41, 5.74) is 6.04. The van der Waals surface area contributed by atoms with Crippen LogP contribution in [0.15, 0.2) is 77.2 Å². The molecule has 5 aliphatic rings. The molecule has 0 amide bonds. The number of pyridine rings is 1. The van der Waals surface area contributed by atoms with Gasteiger partial charge in [-0.25, -0.2) is 0 Å². The Morgan fingerprint density at radius 3 is 2.52 bits per heavy atom. The summed E-state index contributed by atoms with van der Waals surface area (Å²) in [5.74, 6) is 0.304. The van der Waals surface area contributed by atoms with Crippen LogP contribution < -0.4 is 4.74 Å². The largest absolute Gasteiger partial charge is 0.424 e. The Hall–Kier alpha value is -4.30. The topological polar surface area (TPSA) is 95.6 Å². The summed E-state index contributed by atoms with van der Waals surface area (Å²) in [5, 5.41) is 2.03. The van der Waals surface area contributed by atoms with E-state index in [1.54, 1.807) is 13.8 Å². The molecule has 8 rings (SSSR count). The minimum atomic E-state index is -0.496. The number of H-pyrrole nitrogens is 1. The van der Waals surface area contributed by atoms with Gasteiger partial charge in [-0.3, -0.25) is 19.4 Å². The molecule has 1 fully saturated rings. The van der Waals surface area contributed by atoms with Crippen LogP contribution in [0.4, 0.5) is 0 Å². The van der Waals surface area contributed by atoms with Gasteiger partial charge in [0.1, 0.15) is 0 Å². The van der Waals surface area contributed by atoms with Crippen LogP contribution in [0.1, 0.15) is 90.2 Å². The lowest BCUT2D eigenvalue weighted by Crippen LogP contribution is -2.61. The van der Waals surface area contributed by atoms with E-state index in [4.69, 9.17) is 9.72 Å². The highest BCUT2D eigenvalue weighted by Crippen LogP contribution is 2.63. The van der Waals surface area contributed by atoms with Crippen LogP contribution in [0.2, 0.25) is 0 Å². The molecular formula is C42H48N4O4. The zero-order valence-electron chi connectivity index (χ0n) is 29.6. The van der Waals surface area contributed by atoms with Crippen molar-refractivity contribution in [1.82, 2.24) is 19.8 Å². The molecule has 4 aliphatic heterocycles. The number of nitrogens with zero attached hydrogens (tertiary/aromatic N) is 3. The van der Waals surface area contributed by atoms with E-state index in [1.807, 2.05) is 24.4 Å². The van der Waals surface area contributed by atoms with Gasteiger partial charge in [-0.15, -0.1) is 0 Å². The number of ketones is 2. The molecule has 2 aromatic heterocycles. The van der Waals surface area contributed by atoms with Crippen molar-refractivity contribution in [3.05, 3.63) is 82.9 Å². The molecular weight excluding hydrogens is 624 g/mol. The van der Waals surface area contributed by atoms with Crippen LogP contribution in [0.3, 0.4) is 0 Å². The van der Waals surface area contributed by atoms with Gasteiger partial charge >= 0.3 is 5.97 Å². The van der Waals surface area contributed by atoms with E-state index in [9.17, 15) is 14.4 Å². The van der Waals surface area contributed by atoms with Gasteiger partial charge in [0.05, 0.1) is 28.5 Å². The molecule has 1 spiro atoms. The van der Waals surface area contributed by atoms with Crippen LogP contribution in [0.5, 0.6) is 5.75 Å². The first kappa shape index (κ1) is 32.9. The van der Waals surface area contributed by atoms with Crippen LogP contribution >= 0.6 is 0 Å². The molecule has 0 saturated carbocycles. The summed E-state index contributed by atoms with van der Waals surface area (Å²) in [4.78, 5) is 53.9. The molecule has 6 heterocycles. The van der Waals surface area contributed by atoms with Gasteiger partial charge in [-0.05, 0) is 108 Å². The highest BCUT2D eigenvalue weighted by Gasteiger charge is 2.64. The van der Waals surface area contributed by atoms with Gasteiger partial charge in [0.2, 0.25) is 0 Å². The summed E-state index contributed by atoms with van der Waals surface area (Å²) in [6, 6.07) is 7.86. The van der Waals surface area contributed by atoms with Crippen molar-refractivity contribution >= 4 is 39.3 Å². The first-order chi connectivity index (χ1) is 24.3. The lowest BCUT2D eigenvalue weighted by atomic mass is 9.53. The van der Waals surface area contributed by atoms with E-state index >= 15 is 0 Å². The van der Waals surface area contributed by atoms with Crippen molar-refractivity contribution in [2.24, 2.45) is 11.3 Å². The number of piperidine rings is 1. The number of benzene rings is 1. The first-order valence-electron chi connectivity index (χ1n) is 18.7. The number of esters is 1. The van der Waals surface area contributed by atoms with Crippen molar-refractivity contribution in [3.8, 4) is 5.75 Å². The second-order valence-electron chi connectivity index (χ2n) is 15.0. The molecule has 8 heteroatoms. The number of Topliss-reactive ketones (excluding diaryl/α,β-unsaturated/α-hetero) is 2. The molecule has 1 aromatic carbocycles. The number of nitrogens with one attached hydrogen (secondary N) is 1. The maximum Gasteiger partial charge on any atom is 0.308 e. The van der Waals surface area contributed by atoms with Crippen molar-refractivity contribution in [1.29, 1.82) is 0 Å². The van der Waals surface area contributed by atoms with E-state index in [2.05, 4.69) is 45.2 Å². The Kier molecular flexibility index (Phi) is 8.62. The van der Waals surface area contributed by atoms with Gasteiger partial charge in [0.15, 0.2) is 17.3 Å². The summed E-state index contributed by atoms with van der Waals surface area (Å²) in [6.45, 7) is 8.43. The summed E-state index contributed by atoms with van der Waals surface area (Å²) in [7, 11) is 0. The van der Waals surface area contributed by atoms with Crippen LogP contribution in [-0.2, 0) is 14.4 Å². The normalized spacial score (nSPS) is 30.1. The molecule has 50 heavy (non-hydrogen) atoms. The molecule has 260 valence electrons. The predicted molar refractivity (Wildman–Crippen MR) is 196 cm³/mol. The number of para-hydroxylation sites is 1. The van der Waals surface area contributed by atoms with E-state index in [1.165, 1.54) is 12.5 Å². The third-order valence-electron chi connectivity index (χ3n) is 12.0. The van der Waals surface area contributed by atoms with E-state index < -0.39 is 5.41 Å². The van der Waals surface area contributed by atoms with E-state index in [0.717, 1.165) is 128 Å². The Labute approximate surface area is 294 Å². The number of aromatic nitrogens is 2. The van der Waals surface area contributed by atoms with E-state index in [-0.39, 0.29) is 35.4 Å². The quantitative estimate of drug-likeness (QED) is 0.172. The van der Waals surface area contributed by atoms with Gasteiger partial charge < -0.3 is 19.5 Å². The maximum atomic E-state index is 14.4. The zero-order chi connectivity index (χ0) is 34.6. The molecule has 5 atom stereocenters. The second kappa shape index (κ2) is 13.1. The molecule has 1 aliphatic carbocycles. The second-order valence-corrected chi connectivity index (χ2v) is 15.0. The summed E-state index contributed by atoms with van der Waals surface area (Å²) < 4.78 is 5.64. The number of hydrogen-bond donors (Lipinski definition) is 1. The Balaban J connectivity index is 1.40. The monoisotopic (exact) mass is 672 g/mol. The molecule has 2 unspecified atom stereocenters. The fraction of sp³-hybridized carbons (Fsp3) is 0.476. The molecule has 0 radical (unpaired) electrons. The van der Waals surface area contributed by atoms with Gasteiger partial charge in [-0.1, -0.05) is 36.4 Å². The first-order valence-corrected chi connectivity index (χ1v) is 18.7. The summed E-state index contributed by atoms with van der Waals surface area (Å²) >= 11 is 0. The van der Waals surface area contributed by atoms with Crippen LogP contribution in [0, 0.1) is 11.3 Å². The van der Waals surface area contributed by atoms with Gasteiger partial charge in [0, 0.05) is 59.5 Å². The number of hydrogen-bond acceptors (Lipinski definition) is 7. The molecule has 3 aromatic rings. The highest BCUT2D eigenvalue weighted by atomic mass is 16.5. The minimum Gasteiger partial charge on any atom is -0.424 e. The van der Waals surface area contributed by atoms with Gasteiger partial charge in [0.25, 0.3) is 0 Å². The van der Waals surface area contributed by atoms with Crippen molar-refractivity contribution in [3.63, 3.8) is 0 Å². The lowest BCUT2D eigenvalue weighted by molar-refractivity contribution is -0.131. The highest BCUT2D eigenvalue weighted by molar-refractivity contribution is 6.10. The Morgan fingerprint density at radius 1 is 0.900 bits per heavy atom. The number of allylic oxidation sites excluding steroid dienone is 5. The van der Waals surface area contributed by atoms with Crippen molar-refractivity contribution in [2.45, 2.75) is 90.5 Å². The van der Waals surface area contributed by atoms with Gasteiger partial charge in [-0.2, -0.15) is 0 Å². The lowest BCUT2D eigenvalue weighted by Gasteiger charge is -2.56. The predicted octanol–water partition coefficient (Wildman–Crippen LogP) is 7.72. The van der Waals surface area contributed by atoms with Crippen LogP contribution in [0.25, 0.3) is 21.8 Å².